The smallest absolute Gasteiger partial charge is 0.273 e. The predicted molar refractivity (Wildman–Crippen MR) is 63.1 cm³/mol. The second-order valence-corrected chi connectivity index (χ2v) is 7.49. The van der Waals surface area contributed by atoms with Crippen LogP contribution in [0.15, 0.2) is 0 Å². The number of carbonyl (C=O) groups excluding carboxylic acids is 4. The minimum Gasteiger partial charge on any atom is -0.273 e. The van der Waals surface area contributed by atoms with Gasteiger partial charge in [0.2, 0.25) is 23.6 Å². The highest BCUT2D eigenvalue weighted by atomic mass is 32.3. The van der Waals surface area contributed by atoms with Gasteiger partial charge in [-0.3, -0.25) is 19.2 Å². The molecule has 0 aromatic heterocycles. The van der Waals surface area contributed by atoms with Crippen molar-refractivity contribution < 1.29 is 36.0 Å². The number of amides is 4. The first-order valence-electron chi connectivity index (χ1n) is 5.57. The Kier molecular flexibility index (Phi) is 3.59. The van der Waals surface area contributed by atoms with E-state index in [2.05, 4.69) is 0 Å². The number of nitrogens with one attached hydrogen (secondary N) is 1. The van der Waals surface area contributed by atoms with Gasteiger partial charge in [0.25, 0.3) is 0 Å². The summed E-state index contributed by atoms with van der Waals surface area (Å²) in [6.07, 6.45) is -1.49. The van der Waals surface area contributed by atoms with Crippen LogP contribution < -0.4 is 4.13 Å². The lowest BCUT2D eigenvalue weighted by Crippen LogP contribution is -2.51. The van der Waals surface area contributed by atoms with Crippen LogP contribution in [0.2, 0.25) is 0 Å². The molecule has 0 unspecified atom stereocenters. The molecule has 13 heteroatoms. The Morgan fingerprint density at radius 3 is 1.10 bits per heavy atom. The van der Waals surface area contributed by atoms with Gasteiger partial charge in [0, 0.05) is 25.7 Å². The average molecular weight is 339 g/mol. The van der Waals surface area contributed by atoms with E-state index in [1.54, 1.807) is 0 Å². The van der Waals surface area contributed by atoms with E-state index in [1.807, 2.05) is 0 Å². The summed E-state index contributed by atoms with van der Waals surface area (Å²) >= 11 is 0. The van der Waals surface area contributed by atoms with Crippen LogP contribution in [0, 0.1) is 0 Å². The van der Waals surface area contributed by atoms with Crippen molar-refractivity contribution in [3.63, 3.8) is 0 Å². The van der Waals surface area contributed by atoms with Crippen molar-refractivity contribution in [1.82, 2.24) is 12.7 Å². The number of hydrogen-bond acceptors (Lipinski definition) is 8. The van der Waals surface area contributed by atoms with Gasteiger partial charge in [-0.25, -0.2) is 0 Å². The molecule has 2 fully saturated rings. The van der Waals surface area contributed by atoms with E-state index in [-0.39, 0.29) is 34.3 Å². The first-order valence-corrected chi connectivity index (χ1v) is 8.45. The topological polar surface area (TPSA) is 155 Å². The molecule has 2 rings (SSSR count). The molecule has 2 aliphatic heterocycles. The van der Waals surface area contributed by atoms with Gasteiger partial charge in [-0.1, -0.05) is 4.13 Å². The molecule has 2 aliphatic rings. The highest BCUT2D eigenvalue weighted by Gasteiger charge is 2.45. The molecule has 0 aromatic rings. The lowest BCUT2D eigenvalue weighted by atomic mass is 10.4. The molecule has 0 aliphatic carbocycles. The molecule has 21 heavy (non-hydrogen) atoms. The maximum atomic E-state index is 11.8. The lowest BCUT2D eigenvalue weighted by Gasteiger charge is -2.18. The molecular weight excluding hydrogens is 330 g/mol. The summed E-state index contributed by atoms with van der Waals surface area (Å²) in [7, 11) is -10.1. The van der Waals surface area contributed by atoms with E-state index in [0.29, 0.717) is 0 Å². The summed E-state index contributed by atoms with van der Waals surface area (Å²) in [5.74, 6) is -4.38. The van der Waals surface area contributed by atoms with E-state index < -0.39 is 44.0 Å². The van der Waals surface area contributed by atoms with Crippen molar-refractivity contribution >= 4 is 44.0 Å². The molecule has 0 atom stereocenters. The van der Waals surface area contributed by atoms with Crippen molar-refractivity contribution in [2.45, 2.75) is 25.7 Å². The minimum atomic E-state index is -5.05. The maximum Gasteiger partial charge on any atom is 0.325 e. The molecule has 2 heterocycles. The summed E-state index contributed by atoms with van der Waals surface area (Å²) in [4.78, 5) is 45.2. The van der Waals surface area contributed by atoms with Crippen molar-refractivity contribution in [1.29, 1.82) is 0 Å². The van der Waals surface area contributed by atoms with E-state index in [0.717, 1.165) is 4.13 Å². The molecule has 4 amide bonds. The zero-order chi connectivity index (χ0) is 16.0. The molecule has 0 saturated carbocycles. The Hall–Kier alpha value is -1.86. The number of nitrogens with zero attached hydrogens (tertiary/aromatic N) is 2. The maximum absolute atomic E-state index is 11.8. The Morgan fingerprint density at radius 1 is 0.619 bits per heavy atom. The number of carbonyl (C=O) groups is 4. The molecular formula is C8H9N3O8S2. The largest absolute Gasteiger partial charge is 0.325 e. The van der Waals surface area contributed by atoms with Crippen molar-refractivity contribution in [2.75, 3.05) is 0 Å². The van der Waals surface area contributed by atoms with Crippen LogP contribution in [-0.2, 0) is 39.6 Å². The first-order chi connectivity index (χ1) is 9.56. The number of rotatable bonds is 4. The van der Waals surface area contributed by atoms with Gasteiger partial charge < -0.3 is 0 Å². The number of imide groups is 2. The van der Waals surface area contributed by atoms with Crippen LogP contribution >= 0.6 is 0 Å². The molecule has 2 saturated heterocycles. The average Bonchev–Trinajstić information content (AvgIpc) is 2.81. The van der Waals surface area contributed by atoms with Crippen LogP contribution in [0.4, 0.5) is 0 Å². The van der Waals surface area contributed by atoms with Crippen LogP contribution in [-0.4, -0.2) is 49.1 Å². The fourth-order valence-electron chi connectivity index (χ4n) is 1.86. The van der Waals surface area contributed by atoms with Gasteiger partial charge in [0.15, 0.2) is 0 Å². The van der Waals surface area contributed by atoms with Gasteiger partial charge in [-0.05, 0) is 0 Å². The number of hydrogen-bond donors (Lipinski definition) is 1. The normalized spacial score (nSPS) is 20.8. The van der Waals surface area contributed by atoms with Gasteiger partial charge in [0.05, 0.1) is 0 Å². The van der Waals surface area contributed by atoms with Gasteiger partial charge in [-0.2, -0.15) is 25.4 Å². The van der Waals surface area contributed by atoms with Crippen LogP contribution in [0.5, 0.6) is 0 Å². The minimum absolute atomic E-state index is 0.227. The van der Waals surface area contributed by atoms with Gasteiger partial charge in [0.1, 0.15) is 0 Å². The summed E-state index contributed by atoms with van der Waals surface area (Å²) < 4.78 is 47.7. The zero-order valence-corrected chi connectivity index (χ0v) is 11.9. The Balaban J connectivity index is 2.32. The molecule has 11 nitrogen and oxygen atoms in total. The molecule has 116 valence electrons. The van der Waals surface area contributed by atoms with E-state index in [1.165, 1.54) is 0 Å². The van der Waals surface area contributed by atoms with Crippen molar-refractivity contribution in [3.05, 3.63) is 0 Å². The fourth-order valence-corrected chi connectivity index (χ4v) is 4.95. The van der Waals surface area contributed by atoms with E-state index in [9.17, 15) is 36.0 Å². The van der Waals surface area contributed by atoms with Crippen LogP contribution in [0.3, 0.4) is 0 Å². The molecule has 0 spiro atoms. The Morgan fingerprint density at radius 2 is 0.857 bits per heavy atom. The zero-order valence-electron chi connectivity index (χ0n) is 10.3. The third-order valence-electron chi connectivity index (χ3n) is 2.70. The third kappa shape index (κ3) is 2.66. The molecule has 1 N–H and O–H groups in total. The first kappa shape index (κ1) is 15.5. The second-order valence-electron chi connectivity index (χ2n) is 4.20. The highest BCUT2D eigenvalue weighted by Crippen LogP contribution is 2.19. The SMILES string of the molecule is O=C1CCC(=O)N1S(=O)(=O)NS(=O)(=O)N1C(=O)CCC1=O. The highest BCUT2D eigenvalue weighted by molar-refractivity contribution is 8.03. The summed E-state index contributed by atoms with van der Waals surface area (Å²) in [6.45, 7) is 0. The van der Waals surface area contributed by atoms with Crippen molar-refractivity contribution in [3.8, 4) is 0 Å². The molecule has 0 bridgehead atoms. The van der Waals surface area contributed by atoms with Crippen LogP contribution in [0.25, 0.3) is 0 Å². The van der Waals surface area contributed by atoms with Gasteiger partial charge in [-0.15, -0.1) is 0 Å². The predicted octanol–water partition coefficient (Wildman–Crippen LogP) is -2.64. The summed E-state index contributed by atoms with van der Waals surface area (Å²) in [6, 6.07) is 0. The second kappa shape index (κ2) is 4.85. The van der Waals surface area contributed by atoms with E-state index >= 15 is 0 Å². The molecule has 0 aromatic carbocycles. The van der Waals surface area contributed by atoms with Gasteiger partial charge >= 0.3 is 20.4 Å². The summed E-state index contributed by atoms with van der Waals surface area (Å²) in [5.41, 5.74) is 0. The summed E-state index contributed by atoms with van der Waals surface area (Å²) in [5, 5.41) is 0. The van der Waals surface area contributed by atoms with E-state index in [4.69, 9.17) is 0 Å². The Labute approximate surface area is 119 Å². The quantitative estimate of drug-likeness (QED) is 0.545. The molecule has 0 radical (unpaired) electrons. The Bertz CT molecular complexity index is 656. The standard InChI is InChI=1S/C8H9N3O8S2/c12-5-1-2-6(13)10(5)20(16,17)9-21(18,19)11-7(14)3-4-8(11)15/h9H,1-4H2. The van der Waals surface area contributed by atoms with Crippen LogP contribution in [0.1, 0.15) is 25.7 Å². The monoisotopic (exact) mass is 339 g/mol. The third-order valence-corrected chi connectivity index (χ3v) is 6.16. The van der Waals surface area contributed by atoms with Crippen molar-refractivity contribution in [2.24, 2.45) is 0 Å². The fraction of sp³-hybridized carbons (Fsp3) is 0.500. The lowest BCUT2D eigenvalue weighted by molar-refractivity contribution is -0.133.